The van der Waals surface area contributed by atoms with Gasteiger partial charge in [0.2, 0.25) is 0 Å². The maximum atomic E-state index is 11.8. The zero-order valence-corrected chi connectivity index (χ0v) is 9.97. The maximum Gasteiger partial charge on any atom is 0.339 e. The number of carbonyl (C=O) groups excluding carboxylic acids is 1. The maximum absolute atomic E-state index is 11.8. The number of rotatable bonds is 5. The summed E-state index contributed by atoms with van der Waals surface area (Å²) in [4.78, 5) is 22.7. The van der Waals surface area contributed by atoms with E-state index < -0.39 is 11.9 Å². The number of ether oxygens (including phenoxy) is 1. The Bertz CT molecular complexity index is 412. The first-order valence-corrected chi connectivity index (χ1v) is 5.59. The number of aromatic carboxylic acids is 1. The van der Waals surface area contributed by atoms with Crippen LogP contribution >= 0.6 is 0 Å². The van der Waals surface area contributed by atoms with Gasteiger partial charge in [-0.15, -0.1) is 0 Å². The van der Waals surface area contributed by atoms with E-state index in [1.165, 1.54) is 12.1 Å². The normalized spacial score (nSPS) is 11.9. The number of carboxylic acids is 1. The first kappa shape index (κ1) is 13.2. The zero-order chi connectivity index (χ0) is 12.8. The molecule has 0 radical (unpaired) electrons. The molecule has 4 heteroatoms. The van der Waals surface area contributed by atoms with Crippen molar-refractivity contribution in [3.63, 3.8) is 0 Å². The lowest BCUT2D eigenvalue weighted by Gasteiger charge is -2.13. The molecule has 0 saturated heterocycles. The van der Waals surface area contributed by atoms with Crippen molar-refractivity contribution < 1.29 is 19.4 Å². The minimum absolute atomic E-state index is 0.0267. The zero-order valence-electron chi connectivity index (χ0n) is 9.97. The summed E-state index contributed by atoms with van der Waals surface area (Å²) in [6.07, 6.45) is 1.48. The van der Waals surface area contributed by atoms with E-state index >= 15 is 0 Å². The fourth-order valence-corrected chi connectivity index (χ4v) is 1.56. The average molecular weight is 236 g/mol. The standard InChI is InChI=1S/C13H16O4/c1-3-6-9(2)17-13(16)11-8-5-4-7-10(11)12(14)15/h4-5,7-9H,3,6H2,1-2H3,(H,14,15). The van der Waals surface area contributed by atoms with Gasteiger partial charge in [0.05, 0.1) is 17.2 Å². The predicted molar refractivity (Wildman–Crippen MR) is 63.2 cm³/mol. The molecule has 0 aliphatic rings. The molecule has 1 atom stereocenters. The molecule has 1 N–H and O–H groups in total. The van der Waals surface area contributed by atoms with E-state index in [9.17, 15) is 9.59 Å². The van der Waals surface area contributed by atoms with Gasteiger partial charge in [-0.05, 0) is 25.5 Å². The van der Waals surface area contributed by atoms with Crippen molar-refractivity contribution in [2.75, 3.05) is 0 Å². The second kappa shape index (κ2) is 6.03. The van der Waals surface area contributed by atoms with Crippen molar-refractivity contribution >= 4 is 11.9 Å². The summed E-state index contributed by atoms with van der Waals surface area (Å²) in [5.41, 5.74) is 0.0733. The molecule has 0 amide bonds. The molecular weight excluding hydrogens is 220 g/mol. The largest absolute Gasteiger partial charge is 0.478 e. The molecule has 1 unspecified atom stereocenters. The highest BCUT2D eigenvalue weighted by atomic mass is 16.5. The third-order valence-electron chi connectivity index (χ3n) is 2.38. The molecule has 1 rings (SSSR count). The van der Waals surface area contributed by atoms with Crippen LogP contribution in [0.4, 0.5) is 0 Å². The van der Waals surface area contributed by atoms with Gasteiger partial charge in [-0.25, -0.2) is 9.59 Å². The second-order valence-electron chi connectivity index (χ2n) is 3.86. The minimum atomic E-state index is -1.12. The Morgan fingerprint density at radius 3 is 2.41 bits per heavy atom. The van der Waals surface area contributed by atoms with Crippen LogP contribution in [-0.4, -0.2) is 23.1 Å². The SMILES string of the molecule is CCCC(C)OC(=O)c1ccccc1C(=O)O. The quantitative estimate of drug-likeness (QED) is 0.798. The summed E-state index contributed by atoms with van der Waals surface area (Å²) < 4.78 is 5.17. The van der Waals surface area contributed by atoms with Crippen LogP contribution in [-0.2, 0) is 4.74 Å². The highest BCUT2D eigenvalue weighted by Crippen LogP contribution is 2.12. The van der Waals surface area contributed by atoms with Crippen molar-refractivity contribution in [2.24, 2.45) is 0 Å². The van der Waals surface area contributed by atoms with E-state index in [-0.39, 0.29) is 17.2 Å². The molecule has 17 heavy (non-hydrogen) atoms. The fraction of sp³-hybridized carbons (Fsp3) is 0.385. The molecule has 1 aromatic rings. The second-order valence-corrected chi connectivity index (χ2v) is 3.86. The van der Waals surface area contributed by atoms with Crippen molar-refractivity contribution in [1.29, 1.82) is 0 Å². The van der Waals surface area contributed by atoms with E-state index in [0.29, 0.717) is 0 Å². The van der Waals surface area contributed by atoms with E-state index in [2.05, 4.69) is 0 Å². The molecule has 0 bridgehead atoms. The summed E-state index contributed by atoms with van der Waals surface area (Å²) >= 11 is 0. The summed E-state index contributed by atoms with van der Waals surface area (Å²) in [5.74, 6) is -1.70. The monoisotopic (exact) mass is 236 g/mol. The lowest BCUT2D eigenvalue weighted by Crippen LogP contribution is -2.17. The lowest BCUT2D eigenvalue weighted by atomic mass is 10.1. The first-order chi connectivity index (χ1) is 8.06. The molecule has 0 saturated carbocycles. The lowest BCUT2D eigenvalue weighted by molar-refractivity contribution is 0.0317. The number of hydrogen-bond acceptors (Lipinski definition) is 3. The Kier molecular flexibility index (Phi) is 4.69. The van der Waals surface area contributed by atoms with Crippen molar-refractivity contribution in [1.82, 2.24) is 0 Å². The van der Waals surface area contributed by atoms with Gasteiger partial charge in [0.1, 0.15) is 0 Å². The molecule has 92 valence electrons. The third kappa shape index (κ3) is 3.59. The average Bonchev–Trinajstić information content (AvgIpc) is 2.29. The van der Waals surface area contributed by atoms with Gasteiger partial charge >= 0.3 is 11.9 Å². The topological polar surface area (TPSA) is 63.6 Å². The van der Waals surface area contributed by atoms with Gasteiger partial charge in [-0.2, -0.15) is 0 Å². The number of hydrogen-bond donors (Lipinski definition) is 1. The Morgan fingerprint density at radius 2 is 1.88 bits per heavy atom. The molecular formula is C13H16O4. The van der Waals surface area contributed by atoms with Crippen molar-refractivity contribution in [3.05, 3.63) is 35.4 Å². The Labute approximate surface area is 100 Å². The van der Waals surface area contributed by atoms with Gasteiger partial charge in [0, 0.05) is 0 Å². The van der Waals surface area contributed by atoms with Crippen LogP contribution in [0.1, 0.15) is 47.4 Å². The van der Waals surface area contributed by atoms with Crippen LogP contribution in [0.3, 0.4) is 0 Å². The van der Waals surface area contributed by atoms with Crippen LogP contribution in [0.5, 0.6) is 0 Å². The van der Waals surface area contributed by atoms with Crippen LogP contribution in [0.25, 0.3) is 0 Å². The third-order valence-corrected chi connectivity index (χ3v) is 2.38. The summed E-state index contributed by atoms with van der Waals surface area (Å²) in [6.45, 7) is 3.79. The summed E-state index contributed by atoms with van der Waals surface area (Å²) in [6, 6.07) is 6.05. The number of carboxylic acid groups (broad SMARTS) is 1. The van der Waals surface area contributed by atoms with E-state index in [4.69, 9.17) is 9.84 Å². The van der Waals surface area contributed by atoms with Crippen LogP contribution < -0.4 is 0 Å². The number of carbonyl (C=O) groups is 2. The molecule has 4 nitrogen and oxygen atoms in total. The van der Waals surface area contributed by atoms with Crippen LogP contribution in [0.15, 0.2) is 24.3 Å². The van der Waals surface area contributed by atoms with Crippen molar-refractivity contribution in [3.8, 4) is 0 Å². The van der Waals surface area contributed by atoms with Gasteiger partial charge < -0.3 is 9.84 Å². The molecule has 1 aromatic carbocycles. The van der Waals surface area contributed by atoms with E-state index in [1.54, 1.807) is 19.1 Å². The Morgan fingerprint density at radius 1 is 1.29 bits per heavy atom. The van der Waals surface area contributed by atoms with Gasteiger partial charge in [-0.3, -0.25) is 0 Å². The van der Waals surface area contributed by atoms with Gasteiger partial charge in [0.15, 0.2) is 0 Å². The van der Waals surface area contributed by atoms with Crippen LogP contribution in [0, 0.1) is 0 Å². The molecule has 0 aliphatic heterocycles. The highest BCUT2D eigenvalue weighted by molar-refractivity contribution is 6.02. The van der Waals surface area contributed by atoms with E-state index in [1.807, 2.05) is 6.92 Å². The Hall–Kier alpha value is -1.84. The van der Waals surface area contributed by atoms with Crippen molar-refractivity contribution in [2.45, 2.75) is 32.8 Å². The summed E-state index contributed by atoms with van der Waals surface area (Å²) in [5, 5.41) is 8.94. The smallest absolute Gasteiger partial charge is 0.339 e. The Balaban J connectivity index is 2.85. The predicted octanol–water partition coefficient (Wildman–Crippen LogP) is 2.73. The number of esters is 1. The summed E-state index contributed by atoms with van der Waals surface area (Å²) in [7, 11) is 0. The van der Waals surface area contributed by atoms with Gasteiger partial charge in [-0.1, -0.05) is 25.5 Å². The molecule has 0 fully saturated rings. The first-order valence-electron chi connectivity index (χ1n) is 5.59. The minimum Gasteiger partial charge on any atom is -0.478 e. The molecule has 0 heterocycles. The van der Waals surface area contributed by atoms with Crippen LogP contribution in [0.2, 0.25) is 0 Å². The fourth-order valence-electron chi connectivity index (χ4n) is 1.56. The highest BCUT2D eigenvalue weighted by Gasteiger charge is 2.18. The van der Waals surface area contributed by atoms with Gasteiger partial charge in [0.25, 0.3) is 0 Å². The molecule has 0 spiro atoms. The molecule has 0 aliphatic carbocycles. The number of benzene rings is 1. The molecule has 0 aromatic heterocycles. The van der Waals surface area contributed by atoms with E-state index in [0.717, 1.165) is 12.8 Å².